The minimum atomic E-state index is -4.28. The topological polar surface area (TPSA) is 38.3 Å². The lowest BCUT2D eigenvalue weighted by atomic mass is 9.61. The van der Waals surface area contributed by atoms with Gasteiger partial charge in [0.05, 0.1) is 12.5 Å². The molecule has 0 atom stereocenters. The van der Waals surface area contributed by atoms with Crippen LogP contribution in [0.3, 0.4) is 0 Å². The van der Waals surface area contributed by atoms with Crippen LogP contribution in [0.25, 0.3) is 0 Å². The van der Waals surface area contributed by atoms with Gasteiger partial charge in [-0.1, -0.05) is 0 Å². The molecule has 3 aliphatic rings. The van der Waals surface area contributed by atoms with Gasteiger partial charge in [-0.2, -0.15) is 13.2 Å². The van der Waals surface area contributed by atoms with Crippen LogP contribution in [0.4, 0.5) is 13.2 Å². The van der Waals surface area contributed by atoms with Gasteiger partial charge in [-0.3, -0.25) is 4.79 Å². The highest BCUT2D eigenvalue weighted by molar-refractivity contribution is 5.85. The second-order valence-corrected chi connectivity index (χ2v) is 4.06. The van der Waals surface area contributed by atoms with E-state index in [9.17, 15) is 18.0 Å². The summed E-state index contributed by atoms with van der Waals surface area (Å²) in [5.74, 6) is -0.539. The Morgan fingerprint density at radius 3 is 2.27 bits per heavy atom. The molecule has 7 heteroatoms. The van der Waals surface area contributed by atoms with Crippen molar-refractivity contribution in [3.8, 4) is 0 Å². The van der Waals surface area contributed by atoms with Crippen molar-refractivity contribution < 1.29 is 22.7 Å². The van der Waals surface area contributed by atoms with Crippen LogP contribution in [0.2, 0.25) is 0 Å². The number of carbonyl (C=O) groups excluding carboxylic acids is 1. The van der Waals surface area contributed by atoms with Gasteiger partial charge in [0.1, 0.15) is 5.54 Å². The van der Waals surface area contributed by atoms with E-state index in [2.05, 4.69) is 10.1 Å². The Bertz CT molecular complexity index is 286. The fourth-order valence-corrected chi connectivity index (χ4v) is 2.43. The van der Waals surface area contributed by atoms with E-state index in [1.807, 2.05) is 0 Å². The van der Waals surface area contributed by atoms with Crippen LogP contribution in [0.1, 0.15) is 12.8 Å². The van der Waals surface area contributed by atoms with E-state index in [-0.39, 0.29) is 31.8 Å². The highest BCUT2D eigenvalue weighted by Crippen LogP contribution is 2.60. The number of hydrogen-bond acceptors (Lipinski definition) is 3. The normalized spacial score (nSPS) is 37.9. The van der Waals surface area contributed by atoms with E-state index in [0.29, 0.717) is 0 Å². The van der Waals surface area contributed by atoms with Crippen molar-refractivity contribution in [1.29, 1.82) is 0 Å². The summed E-state index contributed by atoms with van der Waals surface area (Å²) in [6.07, 6.45) is -4.65. The average Bonchev–Trinajstić information content (AvgIpc) is 2.55. The molecular weight excluding hydrogens is 235 g/mol. The fraction of sp³-hybridized carbons (Fsp3) is 0.875. The molecule has 0 spiro atoms. The highest BCUT2D eigenvalue weighted by Gasteiger charge is 2.75. The first-order valence-corrected chi connectivity index (χ1v) is 4.25. The third-order valence-corrected chi connectivity index (χ3v) is 3.21. The maximum absolute atomic E-state index is 12.5. The van der Waals surface area contributed by atoms with Crippen LogP contribution < -0.4 is 5.32 Å². The molecule has 2 heterocycles. The van der Waals surface area contributed by atoms with Crippen LogP contribution in [0.5, 0.6) is 0 Å². The van der Waals surface area contributed by atoms with E-state index in [1.54, 1.807) is 0 Å². The summed E-state index contributed by atoms with van der Waals surface area (Å²) in [6.45, 7) is 0.0686. The summed E-state index contributed by atoms with van der Waals surface area (Å²) in [5.41, 5.74) is -2.76. The van der Waals surface area contributed by atoms with Crippen molar-refractivity contribution in [1.82, 2.24) is 5.32 Å². The zero-order chi connectivity index (χ0) is 10.6. The van der Waals surface area contributed by atoms with E-state index in [1.165, 1.54) is 7.11 Å². The zero-order valence-electron chi connectivity index (χ0n) is 7.98. The molecule has 15 heavy (non-hydrogen) atoms. The molecule has 3 rings (SSSR count). The summed E-state index contributed by atoms with van der Waals surface area (Å²) in [6, 6.07) is 0. The number of halogens is 4. The molecule has 0 aromatic rings. The van der Waals surface area contributed by atoms with Crippen LogP contribution >= 0.6 is 12.4 Å². The minimum absolute atomic E-state index is 0. The van der Waals surface area contributed by atoms with Gasteiger partial charge in [0, 0.05) is 6.54 Å². The van der Waals surface area contributed by atoms with Crippen LogP contribution in [0, 0.1) is 5.41 Å². The molecule has 1 saturated carbocycles. The van der Waals surface area contributed by atoms with Crippen molar-refractivity contribution in [3.63, 3.8) is 0 Å². The monoisotopic (exact) mass is 245 g/mol. The molecule has 0 unspecified atom stereocenters. The molecule has 0 radical (unpaired) electrons. The number of alkyl halides is 3. The largest absolute Gasteiger partial charge is 0.469 e. The lowest BCUT2D eigenvalue weighted by molar-refractivity contribution is -0.223. The van der Waals surface area contributed by atoms with Gasteiger partial charge in [0.25, 0.3) is 0 Å². The standard InChI is InChI=1S/C8H10F3NO2.ClH/c1-14-5(13)6-2-7(3-6,12-4-6)8(9,10)11;/h12H,2-4H2,1H3;1H. The van der Waals surface area contributed by atoms with Crippen LogP contribution in [-0.4, -0.2) is 31.3 Å². The van der Waals surface area contributed by atoms with E-state index < -0.39 is 23.1 Å². The van der Waals surface area contributed by atoms with E-state index in [0.717, 1.165) is 0 Å². The summed E-state index contributed by atoms with van der Waals surface area (Å²) < 4.78 is 42.0. The van der Waals surface area contributed by atoms with Crippen LogP contribution in [-0.2, 0) is 9.53 Å². The Hall–Kier alpha value is -0.490. The van der Waals surface area contributed by atoms with Gasteiger partial charge < -0.3 is 10.1 Å². The molecule has 3 fully saturated rings. The van der Waals surface area contributed by atoms with Crippen LogP contribution in [0.15, 0.2) is 0 Å². The van der Waals surface area contributed by atoms with Gasteiger partial charge in [0.2, 0.25) is 0 Å². The summed E-state index contributed by atoms with van der Waals surface area (Å²) in [4.78, 5) is 11.2. The zero-order valence-corrected chi connectivity index (χ0v) is 8.80. The van der Waals surface area contributed by atoms with Gasteiger partial charge in [-0.15, -0.1) is 12.4 Å². The maximum atomic E-state index is 12.5. The van der Waals surface area contributed by atoms with Gasteiger partial charge in [-0.25, -0.2) is 0 Å². The molecule has 2 aliphatic heterocycles. The Morgan fingerprint density at radius 2 is 1.93 bits per heavy atom. The molecule has 0 aromatic carbocycles. The van der Waals surface area contributed by atoms with Gasteiger partial charge in [-0.05, 0) is 12.8 Å². The predicted octanol–water partition coefficient (Wildman–Crippen LogP) is 1.27. The summed E-state index contributed by atoms with van der Waals surface area (Å²) >= 11 is 0. The number of esters is 1. The lowest BCUT2D eigenvalue weighted by Crippen LogP contribution is -2.60. The third kappa shape index (κ3) is 1.42. The first kappa shape index (κ1) is 12.6. The second kappa shape index (κ2) is 3.25. The summed E-state index contributed by atoms with van der Waals surface area (Å²) in [7, 11) is 1.20. The number of nitrogens with one attached hydrogen (secondary N) is 1. The highest BCUT2D eigenvalue weighted by atomic mass is 35.5. The maximum Gasteiger partial charge on any atom is 0.406 e. The molecule has 1 aliphatic carbocycles. The van der Waals surface area contributed by atoms with Crippen molar-refractivity contribution in [2.24, 2.45) is 5.41 Å². The average molecular weight is 246 g/mol. The predicted molar refractivity (Wildman–Crippen MR) is 47.7 cm³/mol. The number of fused-ring (bicyclic) bond motifs is 1. The SMILES string of the molecule is COC(=O)C12CNC(C(F)(F)F)(C1)C2.Cl. The molecule has 88 valence electrons. The summed E-state index contributed by atoms with van der Waals surface area (Å²) in [5, 5.41) is 2.38. The first-order valence-electron chi connectivity index (χ1n) is 4.25. The number of ether oxygens (including phenoxy) is 1. The fourth-order valence-electron chi connectivity index (χ4n) is 2.43. The second-order valence-electron chi connectivity index (χ2n) is 4.06. The molecule has 2 bridgehead atoms. The van der Waals surface area contributed by atoms with E-state index >= 15 is 0 Å². The van der Waals surface area contributed by atoms with Crippen molar-refractivity contribution in [2.75, 3.05) is 13.7 Å². The minimum Gasteiger partial charge on any atom is -0.469 e. The molecule has 2 saturated heterocycles. The number of carbonyl (C=O) groups is 1. The lowest BCUT2D eigenvalue weighted by Gasteiger charge is -2.44. The number of rotatable bonds is 1. The van der Waals surface area contributed by atoms with Crippen molar-refractivity contribution >= 4 is 18.4 Å². The molecule has 3 nitrogen and oxygen atoms in total. The van der Waals surface area contributed by atoms with Crippen molar-refractivity contribution in [2.45, 2.75) is 24.6 Å². The van der Waals surface area contributed by atoms with E-state index in [4.69, 9.17) is 0 Å². The van der Waals surface area contributed by atoms with Gasteiger partial charge >= 0.3 is 12.1 Å². The molecular formula is C8H11ClF3NO2. The Labute approximate surface area is 90.8 Å². The van der Waals surface area contributed by atoms with Gasteiger partial charge in [0.15, 0.2) is 0 Å². The van der Waals surface area contributed by atoms with Crippen molar-refractivity contribution in [3.05, 3.63) is 0 Å². The molecule has 0 amide bonds. The smallest absolute Gasteiger partial charge is 0.406 e. The third-order valence-electron chi connectivity index (χ3n) is 3.21. The number of hydrogen-bond donors (Lipinski definition) is 1. The Kier molecular flexibility index (Phi) is 2.72. The number of methoxy groups -OCH3 is 1. The molecule has 0 aromatic heterocycles. The Morgan fingerprint density at radius 1 is 1.40 bits per heavy atom. The first-order chi connectivity index (χ1) is 6.35. The Balaban J connectivity index is 0.00000112. The molecule has 1 N–H and O–H groups in total. The quantitative estimate of drug-likeness (QED) is 0.707.